The normalized spacial score (nSPS) is 11.9. The Balaban J connectivity index is 0.850. The quantitative estimate of drug-likeness (QED) is 0.0836. The molecule has 104 heavy (non-hydrogen) atoms. The van der Waals surface area contributed by atoms with E-state index in [1.807, 2.05) is 60.7 Å². The van der Waals surface area contributed by atoms with Crippen molar-refractivity contribution in [1.82, 2.24) is 19.5 Å². The zero-order valence-corrected chi connectivity index (χ0v) is 59.1. The van der Waals surface area contributed by atoms with E-state index in [1.165, 1.54) is 11.1 Å². The zero-order valence-electron chi connectivity index (χ0n) is 59.1. The number of amidine groups is 2. The third-order valence-corrected chi connectivity index (χ3v) is 19.7. The Bertz CT molecular complexity index is 5560. The molecule has 7 nitrogen and oxygen atoms in total. The summed E-state index contributed by atoms with van der Waals surface area (Å²) in [4.78, 5) is 21.3. The minimum absolute atomic E-state index is 0.0832. The number of nitrogens with one attached hydrogen (secondary N) is 1. The number of rotatable bonds is 14. The fraction of sp³-hybridized carbons (Fsp3) is 0.0825. The molecule has 16 aromatic rings. The van der Waals surface area contributed by atoms with Gasteiger partial charge in [-0.05, 0) is 191 Å². The van der Waals surface area contributed by atoms with Crippen LogP contribution in [0.4, 0.5) is 0 Å². The van der Waals surface area contributed by atoms with Crippen LogP contribution in [0.3, 0.4) is 0 Å². The summed E-state index contributed by atoms with van der Waals surface area (Å²) in [7, 11) is 0. The van der Waals surface area contributed by atoms with Crippen molar-refractivity contribution in [3.05, 3.63) is 362 Å². The van der Waals surface area contributed by atoms with Gasteiger partial charge in [-0.2, -0.15) is 0 Å². The predicted molar refractivity (Wildman–Crippen MR) is 435 cm³/mol. The Morgan fingerprint density at radius 2 is 0.567 bits per heavy atom. The third-order valence-electron chi connectivity index (χ3n) is 19.7. The second-order valence-corrected chi connectivity index (χ2v) is 28.9. The second-order valence-electron chi connectivity index (χ2n) is 28.9. The Labute approximate surface area is 608 Å². The number of fused-ring (bicyclic) bond motifs is 3. The maximum atomic E-state index is 9.43. The van der Waals surface area contributed by atoms with E-state index >= 15 is 0 Å². The first kappa shape index (κ1) is 65.6. The van der Waals surface area contributed by atoms with Gasteiger partial charge in [-0.3, -0.25) is 5.41 Å². The average Bonchev–Trinajstić information content (AvgIpc) is 1.54. The molecule has 2 aromatic heterocycles. The molecule has 14 aromatic carbocycles. The summed E-state index contributed by atoms with van der Waals surface area (Å²) in [5.41, 5.74) is 33.2. The third kappa shape index (κ3) is 13.4. The van der Waals surface area contributed by atoms with E-state index in [9.17, 15) is 5.41 Å². The molecule has 2 heterocycles. The van der Waals surface area contributed by atoms with Crippen LogP contribution in [0.25, 0.3) is 151 Å². The molecule has 0 aliphatic carbocycles. The highest BCUT2D eigenvalue weighted by Crippen LogP contribution is 2.47. The maximum absolute atomic E-state index is 9.43. The first-order valence-corrected chi connectivity index (χ1v) is 35.5. The number of aromatic nitrogens is 4. The van der Waals surface area contributed by atoms with Crippen LogP contribution in [0.2, 0.25) is 0 Å². The first-order valence-electron chi connectivity index (χ1n) is 35.5. The summed E-state index contributed by atoms with van der Waals surface area (Å²) < 4.78 is 2.48. The molecule has 3 N–H and O–H groups in total. The number of benzene rings is 14. The number of nitrogens with two attached hydrogens (primary N) is 1. The molecule has 0 atom stereocenters. The second kappa shape index (κ2) is 27.5. The highest BCUT2D eigenvalue weighted by molar-refractivity contribution is 6.18. The van der Waals surface area contributed by atoms with Crippen molar-refractivity contribution in [2.75, 3.05) is 0 Å². The summed E-state index contributed by atoms with van der Waals surface area (Å²) in [5.74, 6) is 2.04. The Morgan fingerprint density at radius 1 is 0.288 bits per heavy atom. The molecule has 0 radical (unpaired) electrons. The van der Waals surface area contributed by atoms with Crippen molar-refractivity contribution in [3.8, 4) is 129 Å². The molecule has 0 aliphatic rings. The van der Waals surface area contributed by atoms with Crippen molar-refractivity contribution in [2.45, 2.75) is 52.4 Å². The van der Waals surface area contributed by atoms with Gasteiger partial charge in [0.25, 0.3) is 0 Å². The summed E-state index contributed by atoms with van der Waals surface area (Å²) in [6.45, 7) is 13.8. The number of nitrogens with zero attached hydrogens (tertiary/aromatic N) is 5. The highest BCUT2D eigenvalue weighted by atomic mass is 15.0. The fourth-order valence-corrected chi connectivity index (χ4v) is 14.1. The van der Waals surface area contributed by atoms with Gasteiger partial charge in [-0.25, -0.2) is 19.9 Å². The van der Waals surface area contributed by atoms with Crippen LogP contribution in [0.5, 0.6) is 0 Å². The van der Waals surface area contributed by atoms with Crippen LogP contribution in [-0.4, -0.2) is 31.2 Å². The highest BCUT2D eigenvalue weighted by Gasteiger charge is 2.28. The number of para-hydroxylation sites is 1. The molecule has 0 aliphatic heterocycles. The Kier molecular flexibility index (Phi) is 17.4. The van der Waals surface area contributed by atoms with Crippen LogP contribution < -0.4 is 5.73 Å². The van der Waals surface area contributed by atoms with Crippen LogP contribution in [0, 0.1) is 5.41 Å². The molecule has 0 fully saturated rings. The summed E-state index contributed by atoms with van der Waals surface area (Å²) >= 11 is 0. The molecule has 7 heteroatoms. The van der Waals surface area contributed by atoms with E-state index in [1.54, 1.807) is 0 Å². The fourth-order valence-electron chi connectivity index (χ4n) is 14.1. The molecule has 0 saturated heterocycles. The van der Waals surface area contributed by atoms with E-state index < -0.39 is 0 Å². The smallest absolute Gasteiger partial charge is 0.164 e. The van der Waals surface area contributed by atoms with Crippen LogP contribution in [0.1, 0.15) is 63.8 Å². The van der Waals surface area contributed by atoms with Gasteiger partial charge in [0.05, 0.1) is 11.0 Å². The van der Waals surface area contributed by atoms with E-state index in [-0.39, 0.29) is 22.5 Å². The van der Waals surface area contributed by atoms with Crippen molar-refractivity contribution in [1.29, 1.82) is 5.41 Å². The lowest BCUT2D eigenvalue weighted by molar-refractivity contribution is 0.590. The molecule has 0 amide bonds. The van der Waals surface area contributed by atoms with Gasteiger partial charge in [0.15, 0.2) is 23.3 Å². The molecule has 0 spiro atoms. The molecule has 0 unspecified atom stereocenters. The first-order chi connectivity index (χ1) is 50.6. The van der Waals surface area contributed by atoms with E-state index in [0.717, 1.165) is 139 Å². The van der Waals surface area contributed by atoms with Gasteiger partial charge >= 0.3 is 0 Å². The summed E-state index contributed by atoms with van der Waals surface area (Å²) in [6.07, 6.45) is 0. The van der Waals surface area contributed by atoms with Gasteiger partial charge in [-0.1, -0.05) is 290 Å². The number of aliphatic imine (C=N–C) groups is 1. The summed E-state index contributed by atoms with van der Waals surface area (Å²) in [6, 6.07) is 120. The largest absolute Gasteiger partial charge is 0.383 e. The molecular formula is C97H77N7. The molecule has 0 saturated carbocycles. The lowest BCUT2D eigenvalue weighted by Crippen LogP contribution is -2.16. The zero-order chi connectivity index (χ0) is 71.1. The minimum atomic E-state index is -0.217. The lowest BCUT2D eigenvalue weighted by atomic mass is 9.82. The Morgan fingerprint density at radius 3 is 0.894 bits per heavy atom. The molecule has 0 bridgehead atoms. The van der Waals surface area contributed by atoms with Gasteiger partial charge in [0.1, 0.15) is 5.84 Å². The van der Waals surface area contributed by atoms with Crippen molar-refractivity contribution in [2.24, 2.45) is 10.7 Å². The van der Waals surface area contributed by atoms with Crippen molar-refractivity contribution in [3.63, 3.8) is 0 Å². The standard InChI is InChI=1S/C97H77N7/c1-96(2,3)82-59-85(69-42-46-71(47-43-69)91(98)100-92(99)79-53-73(63-28-14-7-15-29-63)50-74(54-79)64-30-16-8-17-31-64)89-87(61-82)88-62-83(97(4,5)6)60-86(90(88)104(89)84-40-26-13-27-41-84)70-44-48-72(49-45-70)93-101-94(80-55-75(65-32-18-9-19-33-65)51-76(56-80)66-34-20-10-21-35-66)103-95(102-93)81-57-77(67-36-22-11-23-37-67)52-78(58-81)68-38-24-12-25-39-68/h7-62H,1-6H3,(H3,98,99,100). The van der Waals surface area contributed by atoms with E-state index in [0.29, 0.717) is 23.0 Å². The van der Waals surface area contributed by atoms with Gasteiger partial charge < -0.3 is 10.3 Å². The van der Waals surface area contributed by atoms with Crippen LogP contribution >= 0.6 is 0 Å². The minimum Gasteiger partial charge on any atom is -0.383 e. The van der Waals surface area contributed by atoms with Gasteiger partial charge in [0.2, 0.25) is 0 Å². The predicted octanol–water partition coefficient (Wildman–Crippen LogP) is 24.6. The van der Waals surface area contributed by atoms with Crippen molar-refractivity contribution < 1.29 is 0 Å². The van der Waals surface area contributed by atoms with Gasteiger partial charge in [0, 0.05) is 55.4 Å². The molecule has 500 valence electrons. The van der Waals surface area contributed by atoms with E-state index in [2.05, 4.69) is 325 Å². The topological polar surface area (TPSA) is 106 Å². The molecule has 16 rings (SSSR count). The summed E-state index contributed by atoms with van der Waals surface area (Å²) in [5, 5.41) is 11.7. The van der Waals surface area contributed by atoms with Crippen LogP contribution in [-0.2, 0) is 10.8 Å². The molecular weight excluding hydrogens is 1260 g/mol. The van der Waals surface area contributed by atoms with Crippen molar-refractivity contribution >= 4 is 33.5 Å². The number of hydrogen-bond donors (Lipinski definition) is 2. The maximum Gasteiger partial charge on any atom is 0.164 e. The SMILES string of the molecule is CC(C)(C)c1cc(-c2ccc(/C(N)=N/C(=N)c3cc(-c4ccccc4)cc(-c4ccccc4)c3)cc2)c2c(c1)c1cc(C(C)(C)C)cc(-c3ccc(-c4nc(-c5cc(-c6ccccc6)cc(-c6ccccc6)c5)nc(-c5cc(-c6ccccc6)cc(-c6ccccc6)c5)n4)cc3)c1n2-c1ccccc1. The lowest BCUT2D eigenvalue weighted by Gasteiger charge is -2.22. The average molecular weight is 1340 g/mol. The monoisotopic (exact) mass is 1340 g/mol. The van der Waals surface area contributed by atoms with Crippen LogP contribution in [0.15, 0.2) is 345 Å². The number of hydrogen-bond acceptors (Lipinski definition) is 4. The Hall–Kier alpha value is -13.0. The van der Waals surface area contributed by atoms with Gasteiger partial charge in [-0.15, -0.1) is 0 Å². The van der Waals surface area contributed by atoms with E-state index in [4.69, 9.17) is 25.7 Å².